The van der Waals surface area contributed by atoms with Crippen LogP contribution in [0.3, 0.4) is 0 Å². The van der Waals surface area contributed by atoms with Crippen molar-refractivity contribution < 1.29 is 4.79 Å². The zero-order valence-corrected chi connectivity index (χ0v) is 17.3. The van der Waals surface area contributed by atoms with Crippen LogP contribution < -0.4 is 0 Å². The molecule has 0 bridgehead atoms. The maximum absolute atomic E-state index is 12.4. The highest BCUT2D eigenvalue weighted by molar-refractivity contribution is 5.99. The van der Waals surface area contributed by atoms with E-state index in [1.165, 1.54) is 16.7 Å². The summed E-state index contributed by atoms with van der Waals surface area (Å²) in [6.45, 7) is 9.78. The second kappa shape index (κ2) is 8.35. The molecule has 0 aliphatic carbocycles. The molecule has 0 atom stereocenters. The molecule has 0 N–H and O–H groups in total. The van der Waals surface area contributed by atoms with Crippen LogP contribution in [0.2, 0.25) is 0 Å². The Balaban J connectivity index is 2.14. The molecule has 2 aromatic carbocycles. The normalized spacial score (nSPS) is 11.2. The molecule has 142 valence electrons. The van der Waals surface area contributed by atoms with Crippen LogP contribution in [0.15, 0.2) is 54.6 Å². The standard InChI is InChI=1S/C26H27NO/c1-6-8-24-18(4)25(19(5)28)23(7-2)26(27-24)22-15-13-21(14-16-22)20-11-9-17(3)10-12-20/h6,8-16H,7H2,1-5H3/b8-6-. The van der Waals surface area contributed by atoms with Crippen LogP contribution in [0, 0.1) is 13.8 Å². The number of aryl methyl sites for hydroxylation is 1. The quantitative estimate of drug-likeness (QED) is 0.461. The SMILES string of the molecule is C/C=C\c1nc(-c2ccc(-c3ccc(C)cc3)cc2)c(CC)c(C(C)=O)c1C. The first kappa shape index (κ1) is 19.8. The van der Waals surface area contributed by atoms with Gasteiger partial charge in [-0.25, -0.2) is 4.98 Å². The molecule has 2 heteroatoms. The largest absolute Gasteiger partial charge is 0.294 e. The summed E-state index contributed by atoms with van der Waals surface area (Å²) in [5.74, 6) is 0.0972. The highest BCUT2D eigenvalue weighted by Crippen LogP contribution is 2.31. The van der Waals surface area contributed by atoms with Crippen molar-refractivity contribution in [3.63, 3.8) is 0 Å². The zero-order chi connectivity index (χ0) is 20.3. The van der Waals surface area contributed by atoms with Crippen molar-refractivity contribution in [1.29, 1.82) is 0 Å². The number of pyridine rings is 1. The van der Waals surface area contributed by atoms with Gasteiger partial charge in [0.1, 0.15) is 0 Å². The molecule has 0 aliphatic heterocycles. The van der Waals surface area contributed by atoms with Gasteiger partial charge in [-0.1, -0.05) is 67.1 Å². The molecule has 1 heterocycles. The first-order valence-electron chi connectivity index (χ1n) is 9.80. The molecule has 3 aromatic rings. The van der Waals surface area contributed by atoms with Gasteiger partial charge in [0.25, 0.3) is 0 Å². The first-order chi connectivity index (χ1) is 13.5. The van der Waals surface area contributed by atoms with Gasteiger partial charge >= 0.3 is 0 Å². The molecule has 0 saturated heterocycles. The molecule has 0 amide bonds. The van der Waals surface area contributed by atoms with E-state index in [1.54, 1.807) is 6.92 Å². The molecule has 0 fully saturated rings. The van der Waals surface area contributed by atoms with Crippen LogP contribution in [-0.2, 0) is 6.42 Å². The Bertz CT molecular complexity index is 1030. The molecule has 3 rings (SSSR count). The number of carbonyl (C=O) groups is 1. The summed E-state index contributed by atoms with van der Waals surface area (Å²) in [7, 11) is 0. The minimum atomic E-state index is 0.0972. The highest BCUT2D eigenvalue weighted by Gasteiger charge is 2.19. The van der Waals surface area contributed by atoms with Crippen molar-refractivity contribution in [1.82, 2.24) is 4.98 Å². The van der Waals surface area contributed by atoms with E-state index >= 15 is 0 Å². The predicted molar refractivity (Wildman–Crippen MR) is 119 cm³/mol. The fourth-order valence-corrected chi connectivity index (χ4v) is 3.69. The maximum Gasteiger partial charge on any atom is 0.160 e. The fourth-order valence-electron chi connectivity index (χ4n) is 3.69. The van der Waals surface area contributed by atoms with Crippen LogP contribution >= 0.6 is 0 Å². The van der Waals surface area contributed by atoms with Gasteiger partial charge in [0.05, 0.1) is 11.4 Å². The fraction of sp³-hybridized carbons (Fsp3) is 0.231. The number of nitrogens with zero attached hydrogens (tertiary/aromatic N) is 1. The topological polar surface area (TPSA) is 30.0 Å². The number of allylic oxidation sites excluding steroid dienone is 1. The number of benzene rings is 2. The van der Waals surface area contributed by atoms with Gasteiger partial charge in [0.2, 0.25) is 0 Å². The van der Waals surface area contributed by atoms with Crippen LogP contribution in [0.4, 0.5) is 0 Å². The van der Waals surface area contributed by atoms with Crippen LogP contribution in [0.25, 0.3) is 28.5 Å². The molecule has 1 aromatic heterocycles. The lowest BCUT2D eigenvalue weighted by atomic mass is 9.91. The van der Waals surface area contributed by atoms with Gasteiger partial charge < -0.3 is 0 Å². The average molecular weight is 370 g/mol. The Kier molecular flexibility index (Phi) is 5.89. The van der Waals surface area contributed by atoms with Crippen molar-refractivity contribution in [3.05, 3.63) is 82.6 Å². The monoisotopic (exact) mass is 369 g/mol. The van der Waals surface area contributed by atoms with E-state index in [0.29, 0.717) is 0 Å². The second-order valence-electron chi connectivity index (χ2n) is 7.18. The van der Waals surface area contributed by atoms with Crippen molar-refractivity contribution in [2.24, 2.45) is 0 Å². The van der Waals surface area contributed by atoms with Crippen molar-refractivity contribution in [2.75, 3.05) is 0 Å². The number of hydrogen-bond donors (Lipinski definition) is 0. The second-order valence-corrected chi connectivity index (χ2v) is 7.18. The van der Waals surface area contributed by atoms with Gasteiger partial charge in [-0.3, -0.25) is 4.79 Å². The van der Waals surface area contributed by atoms with E-state index in [0.717, 1.165) is 40.1 Å². The van der Waals surface area contributed by atoms with Crippen molar-refractivity contribution in [2.45, 2.75) is 41.0 Å². The van der Waals surface area contributed by atoms with Gasteiger partial charge in [-0.05, 0) is 62.4 Å². The average Bonchev–Trinajstić information content (AvgIpc) is 2.69. The summed E-state index contributed by atoms with van der Waals surface area (Å²) in [6, 6.07) is 17.0. The molecule has 0 spiro atoms. The summed E-state index contributed by atoms with van der Waals surface area (Å²) in [5.41, 5.74) is 9.24. The van der Waals surface area contributed by atoms with E-state index < -0.39 is 0 Å². The Hall–Kier alpha value is -3.00. The smallest absolute Gasteiger partial charge is 0.160 e. The van der Waals surface area contributed by atoms with Crippen molar-refractivity contribution >= 4 is 11.9 Å². The van der Waals surface area contributed by atoms with Crippen LogP contribution in [0.1, 0.15) is 53.5 Å². The van der Waals surface area contributed by atoms with E-state index in [9.17, 15) is 4.79 Å². The van der Waals surface area contributed by atoms with Crippen LogP contribution in [0.5, 0.6) is 0 Å². The van der Waals surface area contributed by atoms with E-state index in [2.05, 4.69) is 62.4 Å². The third-order valence-electron chi connectivity index (χ3n) is 5.15. The Morgan fingerprint density at radius 2 is 1.46 bits per heavy atom. The summed E-state index contributed by atoms with van der Waals surface area (Å²) in [6.07, 6.45) is 4.72. The molecule has 28 heavy (non-hydrogen) atoms. The number of ketones is 1. The van der Waals surface area contributed by atoms with E-state index in [1.807, 2.05) is 26.0 Å². The molecule has 0 unspecified atom stereocenters. The third kappa shape index (κ3) is 3.82. The maximum atomic E-state index is 12.4. The van der Waals surface area contributed by atoms with E-state index in [-0.39, 0.29) is 5.78 Å². The lowest BCUT2D eigenvalue weighted by molar-refractivity contribution is 0.101. The van der Waals surface area contributed by atoms with E-state index in [4.69, 9.17) is 4.98 Å². The molecule has 0 aliphatic rings. The Labute approximate surface area is 168 Å². The molecular formula is C26H27NO. The lowest BCUT2D eigenvalue weighted by Crippen LogP contribution is -2.09. The van der Waals surface area contributed by atoms with Crippen molar-refractivity contribution in [3.8, 4) is 22.4 Å². The summed E-state index contributed by atoms with van der Waals surface area (Å²) in [5, 5.41) is 0. The Morgan fingerprint density at radius 3 is 1.96 bits per heavy atom. The number of hydrogen-bond acceptors (Lipinski definition) is 2. The van der Waals surface area contributed by atoms with Gasteiger partial charge in [-0.15, -0.1) is 0 Å². The minimum absolute atomic E-state index is 0.0972. The molecule has 0 saturated carbocycles. The lowest BCUT2D eigenvalue weighted by Gasteiger charge is -2.17. The number of rotatable bonds is 5. The molecule has 2 nitrogen and oxygen atoms in total. The third-order valence-corrected chi connectivity index (χ3v) is 5.15. The predicted octanol–water partition coefficient (Wildman–Crippen LogP) is 6.83. The number of aromatic nitrogens is 1. The van der Waals surface area contributed by atoms with Gasteiger partial charge in [-0.2, -0.15) is 0 Å². The summed E-state index contributed by atoms with van der Waals surface area (Å²) in [4.78, 5) is 17.3. The highest BCUT2D eigenvalue weighted by atomic mass is 16.1. The summed E-state index contributed by atoms with van der Waals surface area (Å²) >= 11 is 0. The zero-order valence-electron chi connectivity index (χ0n) is 17.3. The number of carbonyl (C=O) groups excluding carboxylic acids is 1. The molecule has 0 radical (unpaired) electrons. The van der Waals surface area contributed by atoms with Crippen LogP contribution in [-0.4, -0.2) is 10.8 Å². The van der Waals surface area contributed by atoms with Gasteiger partial charge in [0.15, 0.2) is 5.78 Å². The number of Topliss-reactive ketones (excluding diaryl/α,β-unsaturated/α-hetero) is 1. The minimum Gasteiger partial charge on any atom is -0.294 e. The molecular weight excluding hydrogens is 342 g/mol. The first-order valence-corrected chi connectivity index (χ1v) is 9.80. The van der Waals surface area contributed by atoms with Gasteiger partial charge in [0, 0.05) is 11.1 Å². The summed E-state index contributed by atoms with van der Waals surface area (Å²) < 4.78 is 0. The Morgan fingerprint density at radius 1 is 0.929 bits per heavy atom.